The summed E-state index contributed by atoms with van der Waals surface area (Å²) >= 11 is 6.12. The summed E-state index contributed by atoms with van der Waals surface area (Å²) in [6, 6.07) is 7.11. The van der Waals surface area contributed by atoms with Gasteiger partial charge in [0.1, 0.15) is 0 Å². The highest BCUT2D eigenvalue weighted by atomic mass is 35.5. The van der Waals surface area contributed by atoms with Crippen molar-refractivity contribution < 1.29 is 14.7 Å². The van der Waals surface area contributed by atoms with E-state index in [1.54, 1.807) is 6.07 Å². The van der Waals surface area contributed by atoms with Crippen LogP contribution in [0.5, 0.6) is 0 Å². The van der Waals surface area contributed by atoms with Crippen molar-refractivity contribution in [2.24, 2.45) is 11.8 Å². The number of benzene rings is 1. The van der Waals surface area contributed by atoms with Crippen molar-refractivity contribution in [1.29, 1.82) is 0 Å². The van der Waals surface area contributed by atoms with E-state index in [9.17, 15) is 14.7 Å². The van der Waals surface area contributed by atoms with Gasteiger partial charge in [0.2, 0.25) is 5.91 Å². The van der Waals surface area contributed by atoms with Crippen LogP contribution < -0.4 is 5.32 Å². The van der Waals surface area contributed by atoms with Crippen molar-refractivity contribution in [3.63, 3.8) is 0 Å². The number of amides is 1. The summed E-state index contributed by atoms with van der Waals surface area (Å²) < 4.78 is 0. The van der Waals surface area contributed by atoms with Crippen LogP contribution in [0.15, 0.2) is 24.3 Å². The Morgan fingerprint density at radius 1 is 1.24 bits per heavy atom. The molecule has 1 aliphatic rings. The molecule has 0 saturated heterocycles. The molecule has 1 aliphatic carbocycles. The zero-order valence-electron chi connectivity index (χ0n) is 12.0. The molecule has 3 atom stereocenters. The van der Waals surface area contributed by atoms with Crippen LogP contribution in [0.25, 0.3) is 0 Å². The topological polar surface area (TPSA) is 66.4 Å². The summed E-state index contributed by atoms with van der Waals surface area (Å²) in [5.41, 5.74) is 0.843. The van der Waals surface area contributed by atoms with Gasteiger partial charge < -0.3 is 10.4 Å². The molecule has 0 radical (unpaired) electrons. The first kappa shape index (κ1) is 15.8. The fraction of sp³-hybridized carbons (Fsp3) is 0.500. The van der Waals surface area contributed by atoms with Crippen molar-refractivity contribution in [2.75, 3.05) is 0 Å². The largest absolute Gasteiger partial charge is 0.481 e. The molecule has 1 saturated carbocycles. The molecule has 1 aromatic carbocycles. The van der Waals surface area contributed by atoms with Gasteiger partial charge in [-0.25, -0.2) is 0 Å². The van der Waals surface area contributed by atoms with Gasteiger partial charge in [0.25, 0.3) is 0 Å². The third-order valence-corrected chi connectivity index (χ3v) is 4.49. The summed E-state index contributed by atoms with van der Waals surface area (Å²) in [7, 11) is 0. The second kappa shape index (κ2) is 6.94. The van der Waals surface area contributed by atoms with Crippen LogP contribution in [0.4, 0.5) is 0 Å². The van der Waals surface area contributed by atoms with Crippen LogP contribution in [-0.2, 0) is 9.59 Å². The van der Waals surface area contributed by atoms with Crippen LogP contribution >= 0.6 is 11.6 Å². The zero-order valence-corrected chi connectivity index (χ0v) is 12.8. The Hall–Kier alpha value is -1.55. The molecule has 5 heteroatoms. The monoisotopic (exact) mass is 309 g/mol. The summed E-state index contributed by atoms with van der Waals surface area (Å²) in [4.78, 5) is 23.7. The van der Waals surface area contributed by atoms with Crippen LogP contribution in [0.3, 0.4) is 0 Å². The van der Waals surface area contributed by atoms with Crippen LogP contribution in [-0.4, -0.2) is 17.0 Å². The van der Waals surface area contributed by atoms with E-state index in [2.05, 4.69) is 5.32 Å². The summed E-state index contributed by atoms with van der Waals surface area (Å²) in [6.45, 7) is 1.86. The average molecular weight is 310 g/mol. The zero-order chi connectivity index (χ0) is 15.4. The second-order valence-corrected chi connectivity index (χ2v) is 5.99. The van der Waals surface area contributed by atoms with Gasteiger partial charge in [-0.2, -0.15) is 0 Å². The molecule has 21 heavy (non-hydrogen) atoms. The summed E-state index contributed by atoms with van der Waals surface area (Å²) in [5.74, 6) is -2.08. The Balaban J connectivity index is 2.06. The van der Waals surface area contributed by atoms with E-state index in [1.807, 2.05) is 25.1 Å². The van der Waals surface area contributed by atoms with Crippen LogP contribution in [0.2, 0.25) is 5.02 Å². The summed E-state index contributed by atoms with van der Waals surface area (Å²) in [6.07, 6.45) is 3.00. The lowest BCUT2D eigenvalue weighted by Crippen LogP contribution is -2.40. The van der Waals surface area contributed by atoms with E-state index >= 15 is 0 Å². The number of carboxylic acids is 1. The van der Waals surface area contributed by atoms with Gasteiger partial charge in [-0.05, 0) is 31.4 Å². The Morgan fingerprint density at radius 2 is 1.86 bits per heavy atom. The normalized spacial score (nSPS) is 23.3. The molecule has 1 amide bonds. The lowest BCUT2D eigenvalue weighted by molar-refractivity contribution is -0.149. The van der Waals surface area contributed by atoms with Gasteiger partial charge in [-0.3, -0.25) is 9.59 Å². The molecule has 114 valence electrons. The van der Waals surface area contributed by atoms with Gasteiger partial charge in [0, 0.05) is 5.02 Å². The molecule has 2 N–H and O–H groups in total. The first-order valence-electron chi connectivity index (χ1n) is 7.28. The van der Waals surface area contributed by atoms with Crippen molar-refractivity contribution in [3.8, 4) is 0 Å². The molecular formula is C16H20ClNO3. The van der Waals surface area contributed by atoms with E-state index in [1.165, 1.54) is 0 Å². The molecule has 1 fully saturated rings. The fourth-order valence-corrected chi connectivity index (χ4v) is 3.26. The summed E-state index contributed by atoms with van der Waals surface area (Å²) in [5, 5.41) is 12.8. The number of rotatable bonds is 4. The molecule has 0 bridgehead atoms. The van der Waals surface area contributed by atoms with Crippen molar-refractivity contribution >= 4 is 23.5 Å². The van der Waals surface area contributed by atoms with Crippen LogP contribution in [0, 0.1) is 11.8 Å². The molecule has 0 aliphatic heterocycles. The van der Waals surface area contributed by atoms with Crippen molar-refractivity contribution in [3.05, 3.63) is 34.9 Å². The molecule has 2 unspecified atom stereocenters. The Morgan fingerprint density at radius 3 is 2.48 bits per heavy atom. The number of hydrogen-bond acceptors (Lipinski definition) is 2. The molecule has 2 rings (SSSR count). The van der Waals surface area contributed by atoms with E-state index < -0.39 is 17.8 Å². The van der Waals surface area contributed by atoms with Crippen LogP contribution in [0.1, 0.15) is 44.2 Å². The molecule has 0 aromatic heterocycles. The highest BCUT2D eigenvalue weighted by Gasteiger charge is 2.36. The molecule has 0 spiro atoms. The predicted molar refractivity (Wildman–Crippen MR) is 81.1 cm³/mol. The van der Waals surface area contributed by atoms with Crippen molar-refractivity contribution in [2.45, 2.75) is 38.6 Å². The Bertz CT molecular complexity index is 532. The number of carbonyl (C=O) groups is 2. The first-order valence-corrected chi connectivity index (χ1v) is 7.66. The second-order valence-electron chi connectivity index (χ2n) is 5.59. The maximum Gasteiger partial charge on any atom is 0.307 e. The molecule has 4 nitrogen and oxygen atoms in total. The highest BCUT2D eigenvalue weighted by molar-refractivity contribution is 6.31. The quantitative estimate of drug-likeness (QED) is 0.895. The van der Waals surface area contributed by atoms with Gasteiger partial charge in [0.15, 0.2) is 0 Å². The number of carboxylic acid groups (broad SMARTS) is 1. The number of carbonyl (C=O) groups excluding carboxylic acids is 1. The van der Waals surface area contributed by atoms with Crippen molar-refractivity contribution in [1.82, 2.24) is 5.32 Å². The number of halogens is 1. The standard InChI is InChI=1S/C16H20ClNO3/c1-10(11-6-4-5-9-14(11)17)18-15(19)12-7-2-3-8-13(12)16(20)21/h4-6,9-10,12-13H,2-3,7-8H2,1H3,(H,18,19)(H,20,21)/t10-,12?,13?/m1/s1. The van der Waals surface area contributed by atoms with E-state index in [0.29, 0.717) is 17.9 Å². The van der Waals surface area contributed by atoms with Gasteiger partial charge in [-0.15, -0.1) is 0 Å². The maximum absolute atomic E-state index is 12.4. The fourth-order valence-electron chi connectivity index (χ4n) is 2.96. The van der Waals surface area contributed by atoms with E-state index in [0.717, 1.165) is 18.4 Å². The Labute approximate surface area is 129 Å². The van der Waals surface area contributed by atoms with E-state index in [4.69, 9.17) is 11.6 Å². The first-order chi connectivity index (χ1) is 10.0. The number of hydrogen-bond donors (Lipinski definition) is 2. The minimum Gasteiger partial charge on any atom is -0.481 e. The maximum atomic E-state index is 12.4. The number of aliphatic carboxylic acids is 1. The minimum absolute atomic E-state index is 0.186. The van der Waals surface area contributed by atoms with Gasteiger partial charge in [-0.1, -0.05) is 42.6 Å². The third-order valence-electron chi connectivity index (χ3n) is 4.15. The van der Waals surface area contributed by atoms with Gasteiger partial charge in [0.05, 0.1) is 17.9 Å². The molecule has 0 heterocycles. The third kappa shape index (κ3) is 3.76. The van der Waals surface area contributed by atoms with Gasteiger partial charge >= 0.3 is 5.97 Å². The highest BCUT2D eigenvalue weighted by Crippen LogP contribution is 2.31. The average Bonchev–Trinajstić information content (AvgIpc) is 2.47. The molecular weight excluding hydrogens is 290 g/mol. The molecule has 1 aromatic rings. The SMILES string of the molecule is C[C@@H](NC(=O)C1CCCCC1C(=O)O)c1ccccc1Cl. The Kier molecular flexibility index (Phi) is 5.23. The lowest BCUT2D eigenvalue weighted by atomic mass is 9.78. The lowest BCUT2D eigenvalue weighted by Gasteiger charge is -2.29. The smallest absolute Gasteiger partial charge is 0.307 e. The minimum atomic E-state index is -0.875. The predicted octanol–water partition coefficient (Wildman–Crippen LogP) is 3.41. The number of nitrogens with one attached hydrogen (secondary N) is 1. The van der Waals surface area contributed by atoms with E-state index in [-0.39, 0.29) is 11.9 Å².